The van der Waals surface area contributed by atoms with Gasteiger partial charge in [0.25, 0.3) is 0 Å². The molecule has 1 unspecified atom stereocenters. The van der Waals surface area contributed by atoms with E-state index in [0.717, 1.165) is 12.1 Å². The average molecular weight is 297 g/mol. The van der Waals surface area contributed by atoms with Crippen LogP contribution in [0.3, 0.4) is 0 Å². The molecule has 2 rings (SSSR count). The molecule has 1 heterocycles. The van der Waals surface area contributed by atoms with Gasteiger partial charge in [-0.1, -0.05) is 30.3 Å². The second kappa shape index (κ2) is 5.78. The second-order valence-electron chi connectivity index (χ2n) is 4.13. The van der Waals surface area contributed by atoms with Crippen molar-refractivity contribution in [3.05, 3.63) is 53.7 Å². The number of hydrogen-bond acceptors (Lipinski definition) is 4. The summed E-state index contributed by atoms with van der Waals surface area (Å²) >= 11 is 0. The van der Waals surface area contributed by atoms with E-state index in [1.165, 1.54) is 0 Å². The Labute approximate surface area is 117 Å². The molecule has 0 aliphatic carbocycles. The summed E-state index contributed by atoms with van der Waals surface area (Å²) in [5, 5.41) is 18.1. The maximum Gasteiger partial charge on any atom is 0.435 e. The van der Waals surface area contributed by atoms with Crippen LogP contribution in [0.1, 0.15) is 17.3 Å². The minimum Gasteiger partial charge on any atom is -0.479 e. The SMILES string of the molecule is O=C(O)C(Nc1ccc(C(F)(F)F)nn1)c1ccccc1. The number of carbonyl (C=O) groups is 1. The number of benzene rings is 1. The van der Waals surface area contributed by atoms with Crippen LogP contribution in [0.4, 0.5) is 19.0 Å². The predicted molar refractivity (Wildman–Crippen MR) is 67.5 cm³/mol. The van der Waals surface area contributed by atoms with Crippen molar-refractivity contribution in [3.63, 3.8) is 0 Å². The number of nitrogens with zero attached hydrogens (tertiary/aromatic N) is 2. The van der Waals surface area contributed by atoms with Gasteiger partial charge in [-0.15, -0.1) is 10.2 Å². The van der Waals surface area contributed by atoms with Gasteiger partial charge in [0.1, 0.15) is 5.82 Å². The molecule has 1 atom stereocenters. The fourth-order valence-corrected chi connectivity index (χ4v) is 1.64. The highest BCUT2D eigenvalue weighted by atomic mass is 19.4. The average Bonchev–Trinajstić information content (AvgIpc) is 2.45. The summed E-state index contributed by atoms with van der Waals surface area (Å²) < 4.78 is 37.1. The van der Waals surface area contributed by atoms with Gasteiger partial charge in [0.2, 0.25) is 0 Å². The standard InChI is InChI=1S/C13H10F3N3O2/c14-13(15,16)9-6-7-10(19-18-9)17-11(12(20)21)8-4-2-1-3-5-8/h1-7,11H,(H,17,19)(H,20,21). The number of carboxylic acids is 1. The van der Waals surface area contributed by atoms with Gasteiger partial charge in [-0.2, -0.15) is 13.2 Å². The molecule has 0 spiro atoms. The van der Waals surface area contributed by atoms with Crippen LogP contribution in [0.2, 0.25) is 0 Å². The van der Waals surface area contributed by atoms with Crippen molar-refractivity contribution in [1.82, 2.24) is 10.2 Å². The first-order valence-corrected chi connectivity index (χ1v) is 5.83. The van der Waals surface area contributed by atoms with E-state index in [-0.39, 0.29) is 5.82 Å². The molecule has 0 amide bonds. The highest BCUT2D eigenvalue weighted by Crippen LogP contribution is 2.27. The van der Waals surface area contributed by atoms with Gasteiger partial charge in [0.05, 0.1) is 0 Å². The third-order valence-electron chi connectivity index (χ3n) is 2.63. The molecule has 0 aliphatic heterocycles. The first-order valence-electron chi connectivity index (χ1n) is 5.83. The van der Waals surface area contributed by atoms with Crippen molar-refractivity contribution in [3.8, 4) is 0 Å². The second-order valence-corrected chi connectivity index (χ2v) is 4.13. The maximum atomic E-state index is 12.4. The van der Waals surface area contributed by atoms with Crippen molar-refractivity contribution in [2.24, 2.45) is 0 Å². The smallest absolute Gasteiger partial charge is 0.435 e. The topological polar surface area (TPSA) is 75.1 Å². The van der Waals surface area contributed by atoms with Crippen LogP contribution in [0.5, 0.6) is 0 Å². The first kappa shape index (κ1) is 14.8. The van der Waals surface area contributed by atoms with Crippen LogP contribution < -0.4 is 5.32 Å². The van der Waals surface area contributed by atoms with Crippen molar-refractivity contribution in [1.29, 1.82) is 0 Å². The third-order valence-corrected chi connectivity index (χ3v) is 2.63. The zero-order chi connectivity index (χ0) is 15.5. The molecule has 0 bridgehead atoms. The summed E-state index contributed by atoms with van der Waals surface area (Å²) in [6.07, 6.45) is -4.59. The number of hydrogen-bond donors (Lipinski definition) is 2. The van der Waals surface area contributed by atoms with E-state index in [1.807, 2.05) is 0 Å². The van der Waals surface area contributed by atoms with E-state index in [4.69, 9.17) is 0 Å². The Morgan fingerprint density at radius 3 is 2.24 bits per heavy atom. The van der Waals surface area contributed by atoms with Gasteiger partial charge < -0.3 is 10.4 Å². The number of halogens is 3. The largest absolute Gasteiger partial charge is 0.479 e. The molecule has 110 valence electrons. The number of carboxylic acid groups (broad SMARTS) is 1. The summed E-state index contributed by atoms with van der Waals surface area (Å²) in [6.45, 7) is 0. The molecule has 5 nitrogen and oxygen atoms in total. The van der Waals surface area contributed by atoms with E-state index in [1.54, 1.807) is 30.3 Å². The molecule has 8 heteroatoms. The van der Waals surface area contributed by atoms with Gasteiger partial charge in [-0.3, -0.25) is 0 Å². The fraction of sp³-hybridized carbons (Fsp3) is 0.154. The molecule has 1 aromatic carbocycles. The molecule has 0 saturated heterocycles. The summed E-state index contributed by atoms with van der Waals surface area (Å²) in [6, 6.07) is 8.86. The monoisotopic (exact) mass is 297 g/mol. The summed E-state index contributed by atoms with van der Waals surface area (Å²) in [7, 11) is 0. The number of aliphatic carboxylic acids is 1. The Bertz CT molecular complexity index is 615. The van der Waals surface area contributed by atoms with Crippen LogP contribution >= 0.6 is 0 Å². The van der Waals surface area contributed by atoms with Crippen LogP contribution in [-0.2, 0) is 11.0 Å². The lowest BCUT2D eigenvalue weighted by Crippen LogP contribution is -2.21. The van der Waals surface area contributed by atoms with E-state index in [9.17, 15) is 23.1 Å². The van der Waals surface area contributed by atoms with Crippen LogP contribution in [0.25, 0.3) is 0 Å². The summed E-state index contributed by atoms with van der Waals surface area (Å²) in [5.74, 6) is -1.23. The Hall–Kier alpha value is -2.64. The van der Waals surface area contributed by atoms with E-state index in [0.29, 0.717) is 5.56 Å². The normalized spacial score (nSPS) is 12.7. The molecule has 0 aliphatic rings. The van der Waals surface area contributed by atoms with E-state index < -0.39 is 23.9 Å². The lowest BCUT2D eigenvalue weighted by Gasteiger charge is -2.15. The number of nitrogens with one attached hydrogen (secondary N) is 1. The van der Waals surface area contributed by atoms with Crippen molar-refractivity contribution in [2.75, 3.05) is 5.32 Å². The van der Waals surface area contributed by atoms with Gasteiger partial charge in [-0.25, -0.2) is 4.79 Å². The Balaban J connectivity index is 2.20. The Kier molecular flexibility index (Phi) is 4.06. The molecule has 2 aromatic rings. The Morgan fingerprint density at radius 2 is 1.76 bits per heavy atom. The van der Waals surface area contributed by atoms with Gasteiger partial charge in [0.15, 0.2) is 11.7 Å². The predicted octanol–water partition coefficient (Wildman–Crippen LogP) is 2.73. The number of rotatable bonds is 4. The van der Waals surface area contributed by atoms with Crippen LogP contribution in [0, 0.1) is 0 Å². The summed E-state index contributed by atoms with van der Waals surface area (Å²) in [5.41, 5.74) is -0.689. The molecular formula is C13H10F3N3O2. The molecule has 0 fully saturated rings. The minimum absolute atomic E-state index is 0.0562. The minimum atomic E-state index is -4.59. The van der Waals surface area contributed by atoms with Gasteiger partial charge >= 0.3 is 12.1 Å². The molecule has 2 N–H and O–H groups in total. The maximum absolute atomic E-state index is 12.4. The highest BCUT2D eigenvalue weighted by molar-refractivity contribution is 5.78. The highest BCUT2D eigenvalue weighted by Gasteiger charge is 2.33. The molecular weight excluding hydrogens is 287 g/mol. The fourth-order valence-electron chi connectivity index (χ4n) is 1.64. The quantitative estimate of drug-likeness (QED) is 0.907. The Morgan fingerprint density at radius 1 is 1.10 bits per heavy atom. The van der Waals surface area contributed by atoms with Crippen molar-refractivity contribution >= 4 is 11.8 Å². The molecule has 21 heavy (non-hydrogen) atoms. The number of anilines is 1. The molecule has 1 aromatic heterocycles. The van der Waals surface area contributed by atoms with Gasteiger partial charge in [-0.05, 0) is 17.7 Å². The zero-order valence-corrected chi connectivity index (χ0v) is 10.5. The van der Waals surface area contributed by atoms with Crippen molar-refractivity contribution < 1.29 is 23.1 Å². The lowest BCUT2D eigenvalue weighted by atomic mass is 10.1. The van der Waals surface area contributed by atoms with Crippen LogP contribution in [-0.4, -0.2) is 21.3 Å². The lowest BCUT2D eigenvalue weighted by molar-refractivity contribution is -0.142. The van der Waals surface area contributed by atoms with Crippen molar-refractivity contribution in [2.45, 2.75) is 12.2 Å². The first-order chi connectivity index (χ1) is 9.88. The van der Waals surface area contributed by atoms with E-state index >= 15 is 0 Å². The summed E-state index contributed by atoms with van der Waals surface area (Å²) in [4.78, 5) is 11.2. The zero-order valence-electron chi connectivity index (χ0n) is 10.5. The third kappa shape index (κ3) is 3.68. The molecule has 0 radical (unpaired) electrons. The number of alkyl halides is 3. The van der Waals surface area contributed by atoms with Gasteiger partial charge in [0, 0.05) is 0 Å². The van der Waals surface area contributed by atoms with Crippen LogP contribution in [0.15, 0.2) is 42.5 Å². The van der Waals surface area contributed by atoms with E-state index in [2.05, 4.69) is 15.5 Å². The number of aromatic nitrogens is 2. The molecule has 0 saturated carbocycles.